The van der Waals surface area contributed by atoms with E-state index in [0.717, 1.165) is 31.2 Å². The van der Waals surface area contributed by atoms with Crippen molar-refractivity contribution in [2.45, 2.75) is 81.1 Å². The van der Waals surface area contributed by atoms with Crippen molar-refractivity contribution in [3.8, 4) is 0 Å². The zero-order valence-electron chi connectivity index (χ0n) is 18.1. The Morgan fingerprint density at radius 1 is 0.871 bits per heavy atom. The Bertz CT molecular complexity index is 716. The number of hydrogen-bond donors (Lipinski definition) is 1. The molecule has 1 aromatic carbocycles. The van der Waals surface area contributed by atoms with Crippen LogP contribution in [-0.4, -0.2) is 60.7 Å². The predicted octanol–water partition coefficient (Wildman–Crippen LogP) is 3.53. The van der Waals surface area contributed by atoms with Gasteiger partial charge in [0.25, 0.3) is 0 Å². The highest BCUT2D eigenvalue weighted by atomic mass is 16.8. The van der Waals surface area contributed by atoms with Crippen molar-refractivity contribution in [1.29, 1.82) is 0 Å². The van der Waals surface area contributed by atoms with Crippen molar-refractivity contribution in [3.05, 3.63) is 61.2 Å². The summed E-state index contributed by atoms with van der Waals surface area (Å²) < 4.78 is 31.4. The molecule has 6 nitrogen and oxygen atoms in total. The first kappa shape index (κ1) is 22.6. The van der Waals surface area contributed by atoms with Crippen LogP contribution in [0.4, 0.5) is 0 Å². The molecule has 0 aromatic heterocycles. The first-order valence-electron chi connectivity index (χ1n) is 11.3. The zero-order chi connectivity index (χ0) is 21.7. The lowest BCUT2D eigenvalue weighted by Gasteiger charge is -2.44. The highest BCUT2D eigenvalue weighted by Crippen LogP contribution is 2.46. The molecule has 1 spiro atoms. The quantitative estimate of drug-likeness (QED) is 0.605. The molecule has 1 N–H and O–H groups in total. The van der Waals surface area contributed by atoms with Gasteiger partial charge in [0.05, 0.1) is 19.8 Å². The van der Waals surface area contributed by atoms with E-state index in [2.05, 4.69) is 13.2 Å². The topological polar surface area (TPSA) is 66.4 Å². The summed E-state index contributed by atoms with van der Waals surface area (Å²) in [7, 11) is 0. The maximum atomic E-state index is 11.3. The van der Waals surface area contributed by atoms with E-state index in [-0.39, 0.29) is 0 Å². The SMILES string of the molecule is C=CCO[C@@H]1[C@H]2OC3(CCCCC3)O[C@H]2[C@@H](OCC=C)[C@H](O)[C@H]1OCc1ccccc1. The maximum Gasteiger partial charge on any atom is 0.169 e. The molecule has 31 heavy (non-hydrogen) atoms. The van der Waals surface area contributed by atoms with Crippen LogP contribution in [0.5, 0.6) is 0 Å². The van der Waals surface area contributed by atoms with Crippen LogP contribution >= 0.6 is 0 Å². The van der Waals surface area contributed by atoms with Gasteiger partial charge in [-0.05, 0) is 18.4 Å². The number of hydrogen-bond acceptors (Lipinski definition) is 6. The largest absolute Gasteiger partial charge is 0.387 e. The average molecular weight is 431 g/mol. The number of benzene rings is 1. The minimum Gasteiger partial charge on any atom is -0.387 e. The minimum absolute atomic E-state index is 0.310. The van der Waals surface area contributed by atoms with E-state index in [1.807, 2.05) is 30.3 Å². The van der Waals surface area contributed by atoms with Crippen molar-refractivity contribution in [3.63, 3.8) is 0 Å². The van der Waals surface area contributed by atoms with Gasteiger partial charge in [-0.2, -0.15) is 0 Å². The van der Waals surface area contributed by atoms with Gasteiger partial charge in [-0.25, -0.2) is 0 Å². The number of fused-ring (bicyclic) bond motifs is 1. The molecule has 6 atom stereocenters. The van der Waals surface area contributed by atoms with E-state index in [4.69, 9.17) is 23.7 Å². The van der Waals surface area contributed by atoms with Gasteiger partial charge in [-0.3, -0.25) is 0 Å². The molecule has 4 rings (SSSR count). The van der Waals surface area contributed by atoms with E-state index in [0.29, 0.717) is 19.8 Å². The average Bonchev–Trinajstić information content (AvgIpc) is 3.15. The van der Waals surface area contributed by atoms with Crippen LogP contribution in [0.25, 0.3) is 0 Å². The number of aliphatic hydroxyl groups excluding tert-OH is 1. The summed E-state index contributed by atoms with van der Waals surface area (Å²) in [6.07, 6.45) is 4.90. The minimum atomic E-state index is -0.929. The lowest BCUT2D eigenvalue weighted by atomic mass is 9.84. The molecular weight excluding hydrogens is 396 g/mol. The number of aliphatic hydroxyl groups is 1. The Balaban J connectivity index is 1.59. The first-order valence-corrected chi connectivity index (χ1v) is 11.3. The smallest absolute Gasteiger partial charge is 0.169 e. The fraction of sp³-hybridized carbons (Fsp3) is 0.600. The van der Waals surface area contributed by atoms with E-state index in [1.54, 1.807) is 12.2 Å². The summed E-state index contributed by atoms with van der Waals surface area (Å²) >= 11 is 0. The molecule has 170 valence electrons. The summed E-state index contributed by atoms with van der Waals surface area (Å²) in [4.78, 5) is 0. The molecule has 1 heterocycles. The van der Waals surface area contributed by atoms with E-state index in [1.165, 1.54) is 6.42 Å². The van der Waals surface area contributed by atoms with Crippen molar-refractivity contribution in [2.24, 2.45) is 0 Å². The summed E-state index contributed by atoms with van der Waals surface area (Å²) in [5.74, 6) is -0.632. The van der Waals surface area contributed by atoms with Gasteiger partial charge in [0.1, 0.15) is 36.6 Å². The van der Waals surface area contributed by atoms with E-state index in [9.17, 15) is 5.11 Å². The van der Waals surface area contributed by atoms with E-state index >= 15 is 0 Å². The third-order valence-corrected chi connectivity index (χ3v) is 6.38. The van der Waals surface area contributed by atoms with Crippen molar-refractivity contribution in [2.75, 3.05) is 13.2 Å². The molecule has 6 heteroatoms. The molecule has 2 saturated carbocycles. The first-order chi connectivity index (χ1) is 15.2. The van der Waals surface area contributed by atoms with Gasteiger partial charge in [0.15, 0.2) is 5.79 Å². The Kier molecular flexibility index (Phi) is 7.59. The van der Waals surface area contributed by atoms with Gasteiger partial charge < -0.3 is 28.8 Å². The molecule has 0 bridgehead atoms. The Morgan fingerprint density at radius 3 is 2.13 bits per heavy atom. The predicted molar refractivity (Wildman–Crippen MR) is 116 cm³/mol. The molecular formula is C25H34O6. The number of ether oxygens (including phenoxy) is 5. The van der Waals surface area contributed by atoms with Crippen LogP contribution in [0.1, 0.15) is 37.7 Å². The van der Waals surface area contributed by atoms with Gasteiger partial charge >= 0.3 is 0 Å². The standard InChI is InChI=1S/C25H34O6/c1-3-15-27-21-19(26)20(29-17-18-11-7-5-8-12-18)22(28-16-4-2)24-23(21)30-25(31-24)13-9-6-10-14-25/h3-5,7-8,11-12,19-24,26H,1-2,6,9-10,13-17H2/t19-,20-,21+,22+,23+,24-/m1/s1. The third-order valence-electron chi connectivity index (χ3n) is 6.38. The van der Waals surface area contributed by atoms with Crippen molar-refractivity contribution >= 4 is 0 Å². The third kappa shape index (κ3) is 4.95. The second-order valence-electron chi connectivity index (χ2n) is 8.56. The fourth-order valence-electron chi connectivity index (χ4n) is 4.96. The Labute approximate surface area is 184 Å². The van der Waals surface area contributed by atoms with Crippen molar-refractivity contribution < 1.29 is 28.8 Å². The Hall–Kier alpha value is -1.54. The molecule has 0 amide bonds. The highest BCUT2D eigenvalue weighted by Gasteiger charge is 2.61. The second kappa shape index (κ2) is 10.4. The summed E-state index contributed by atoms with van der Waals surface area (Å²) in [6.45, 7) is 8.51. The van der Waals surface area contributed by atoms with Crippen LogP contribution in [0.2, 0.25) is 0 Å². The lowest BCUT2D eigenvalue weighted by molar-refractivity contribution is -0.230. The monoisotopic (exact) mass is 430 g/mol. The molecule has 3 aliphatic rings. The van der Waals surface area contributed by atoms with E-state index < -0.39 is 42.4 Å². The summed E-state index contributed by atoms with van der Waals surface area (Å²) in [5, 5.41) is 11.3. The second-order valence-corrected chi connectivity index (χ2v) is 8.56. The fourth-order valence-corrected chi connectivity index (χ4v) is 4.96. The van der Waals surface area contributed by atoms with Gasteiger partial charge in [-0.1, -0.05) is 48.9 Å². The Morgan fingerprint density at radius 2 is 1.48 bits per heavy atom. The molecule has 2 aliphatic carbocycles. The highest BCUT2D eigenvalue weighted by molar-refractivity contribution is 5.14. The molecule has 1 aliphatic heterocycles. The maximum absolute atomic E-state index is 11.3. The number of rotatable bonds is 9. The summed E-state index contributed by atoms with van der Waals surface area (Å²) in [5.41, 5.74) is 1.02. The van der Waals surface area contributed by atoms with Crippen LogP contribution in [0.3, 0.4) is 0 Å². The van der Waals surface area contributed by atoms with Crippen LogP contribution in [0.15, 0.2) is 55.6 Å². The lowest BCUT2D eigenvalue weighted by Crippen LogP contribution is -2.64. The molecule has 1 saturated heterocycles. The van der Waals surface area contributed by atoms with Gasteiger partial charge in [0.2, 0.25) is 0 Å². The van der Waals surface area contributed by atoms with Crippen LogP contribution < -0.4 is 0 Å². The molecule has 0 radical (unpaired) electrons. The van der Waals surface area contributed by atoms with Crippen LogP contribution in [0, 0.1) is 0 Å². The van der Waals surface area contributed by atoms with Crippen molar-refractivity contribution in [1.82, 2.24) is 0 Å². The van der Waals surface area contributed by atoms with Gasteiger partial charge in [0, 0.05) is 12.8 Å². The molecule has 1 aromatic rings. The van der Waals surface area contributed by atoms with Gasteiger partial charge in [-0.15, -0.1) is 13.2 Å². The van der Waals surface area contributed by atoms with Crippen LogP contribution in [-0.2, 0) is 30.3 Å². The molecule has 3 fully saturated rings. The summed E-state index contributed by atoms with van der Waals surface area (Å²) in [6, 6.07) is 9.89. The molecule has 0 unspecified atom stereocenters. The zero-order valence-corrected chi connectivity index (χ0v) is 18.1. The normalized spacial score (nSPS) is 34.4.